The smallest absolute Gasteiger partial charge is 0.236 e. The number of rotatable bonds is 6. The minimum atomic E-state index is -3.49. The van der Waals surface area contributed by atoms with Crippen molar-refractivity contribution >= 4 is 33.6 Å². The third kappa shape index (κ3) is 5.42. The number of hydrogen-bond donors (Lipinski definition) is 0. The first-order chi connectivity index (χ1) is 15.4. The highest BCUT2D eigenvalue weighted by Crippen LogP contribution is 2.29. The Morgan fingerprint density at radius 1 is 0.969 bits per heavy atom. The molecule has 2 heterocycles. The zero-order valence-corrected chi connectivity index (χ0v) is 19.6. The van der Waals surface area contributed by atoms with Crippen LogP contribution >= 0.6 is 11.6 Å². The molecule has 0 aromatic heterocycles. The Bertz CT molecular complexity index is 1060. The molecule has 0 aliphatic carbocycles. The number of sulfonamides is 1. The predicted octanol–water partition coefficient (Wildman–Crippen LogP) is 4.59. The Labute approximate surface area is 195 Å². The molecule has 5 nitrogen and oxygen atoms in total. The monoisotopic (exact) mass is 472 g/mol. The molecule has 1 unspecified atom stereocenters. The molecule has 0 bridgehead atoms. The summed E-state index contributed by atoms with van der Waals surface area (Å²) in [5, 5.41) is 2.01. The molecule has 1 amide bonds. The number of nitrogens with zero attached hydrogens (tertiary/aromatic N) is 2. The van der Waals surface area contributed by atoms with Crippen molar-refractivity contribution in [2.24, 2.45) is 5.92 Å². The zero-order chi connectivity index (χ0) is 22.6. The predicted molar refractivity (Wildman–Crippen MR) is 129 cm³/mol. The van der Waals surface area contributed by atoms with E-state index in [1.807, 2.05) is 59.5 Å². The summed E-state index contributed by atoms with van der Waals surface area (Å²) < 4.78 is 26.9. The average Bonchev–Trinajstić information content (AvgIpc) is 3.28. The second-order valence-corrected chi connectivity index (χ2v) is 10.8. The van der Waals surface area contributed by atoms with E-state index in [1.54, 1.807) is 6.08 Å². The zero-order valence-electron chi connectivity index (χ0n) is 18.1. The Balaban J connectivity index is 1.34. The number of halogens is 1. The van der Waals surface area contributed by atoms with Crippen molar-refractivity contribution in [2.75, 3.05) is 19.6 Å². The topological polar surface area (TPSA) is 57.7 Å². The van der Waals surface area contributed by atoms with Gasteiger partial charge < -0.3 is 4.90 Å². The summed E-state index contributed by atoms with van der Waals surface area (Å²) in [6.45, 7) is 1.52. The largest absolute Gasteiger partial charge is 0.339 e. The highest BCUT2D eigenvalue weighted by atomic mass is 35.5. The van der Waals surface area contributed by atoms with Crippen LogP contribution in [0.2, 0.25) is 5.02 Å². The van der Waals surface area contributed by atoms with E-state index in [2.05, 4.69) is 0 Å². The number of amides is 1. The number of carbonyl (C=O) groups is 1. The molecular formula is C25H29ClN2O3S. The highest BCUT2D eigenvalue weighted by molar-refractivity contribution is 7.92. The molecule has 1 atom stereocenters. The van der Waals surface area contributed by atoms with Crippen LogP contribution in [0.1, 0.15) is 36.8 Å². The normalized spacial score (nSPS) is 20.8. The molecule has 2 aromatic rings. The molecule has 2 aromatic carbocycles. The number of benzene rings is 2. The van der Waals surface area contributed by atoms with Gasteiger partial charge in [-0.25, -0.2) is 8.42 Å². The molecule has 0 saturated carbocycles. The van der Waals surface area contributed by atoms with Gasteiger partial charge in [0.1, 0.15) is 0 Å². The van der Waals surface area contributed by atoms with Crippen LogP contribution in [-0.2, 0) is 21.2 Å². The summed E-state index contributed by atoms with van der Waals surface area (Å²) in [4.78, 5) is 15.3. The van der Waals surface area contributed by atoms with E-state index >= 15 is 0 Å². The maximum atomic E-state index is 13.3. The molecule has 2 aliphatic rings. The Kier molecular flexibility index (Phi) is 7.33. The Morgan fingerprint density at radius 2 is 1.66 bits per heavy atom. The molecular weight excluding hydrogens is 444 g/mol. The fraction of sp³-hybridized carbons (Fsp3) is 0.400. The summed E-state index contributed by atoms with van der Waals surface area (Å²) in [7, 11) is -3.49. The van der Waals surface area contributed by atoms with Gasteiger partial charge in [0.05, 0.1) is 0 Å². The summed E-state index contributed by atoms with van der Waals surface area (Å²) in [5.41, 5.74) is 1.92. The van der Waals surface area contributed by atoms with Gasteiger partial charge in [-0.1, -0.05) is 60.1 Å². The minimum absolute atomic E-state index is 0.119. The van der Waals surface area contributed by atoms with Crippen molar-refractivity contribution in [1.29, 1.82) is 0 Å². The number of piperidine rings is 1. The first-order valence-corrected chi connectivity index (χ1v) is 13.1. The minimum Gasteiger partial charge on any atom is -0.339 e. The van der Waals surface area contributed by atoms with Crippen LogP contribution in [0.3, 0.4) is 0 Å². The molecule has 7 heteroatoms. The van der Waals surface area contributed by atoms with E-state index < -0.39 is 10.0 Å². The molecule has 2 aliphatic heterocycles. The van der Waals surface area contributed by atoms with E-state index in [0.717, 1.165) is 42.0 Å². The Morgan fingerprint density at radius 3 is 2.38 bits per heavy atom. The second kappa shape index (κ2) is 10.2. The number of likely N-dealkylation sites (tertiary alicyclic amines) is 1. The lowest BCUT2D eigenvalue weighted by Crippen LogP contribution is -2.45. The summed E-state index contributed by atoms with van der Waals surface area (Å²) in [5.74, 6) is 0.0443. The van der Waals surface area contributed by atoms with Gasteiger partial charge in [0.15, 0.2) is 0 Å². The molecule has 2 fully saturated rings. The van der Waals surface area contributed by atoms with Crippen LogP contribution in [0.15, 0.2) is 60.0 Å². The number of hydrogen-bond acceptors (Lipinski definition) is 3. The van der Waals surface area contributed by atoms with Gasteiger partial charge >= 0.3 is 0 Å². The van der Waals surface area contributed by atoms with Crippen molar-refractivity contribution < 1.29 is 13.2 Å². The van der Waals surface area contributed by atoms with Crippen molar-refractivity contribution in [3.05, 3.63) is 76.2 Å². The molecule has 0 radical (unpaired) electrons. The standard InChI is InChI=1S/C25H29ClN2O3S/c26-24-11-5-4-9-22(24)19-23-10-6-15-28(23)25(29)21-12-16-27(17-13-21)32(30,31)18-14-20-7-2-1-3-8-20/h1-5,7-9,11,14,18,21,23H,6,10,12-13,15-17,19H2/b18-14+. The molecule has 0 spiro atoms. The Hall–Kier alpha value is -2.15. The summed E-state index contributed by atoms with van der Waals surface area (Å²) in [6.07, 6.45) is 5.49. The fourth-order valence-electron chi connectivity index (χ4n) is 4.66. The maximum absolute atomic E-state index is 13.3. The first-order valence-electron chi connectivity index (χ1n) is 11.2. The number of carbonyl (C=O) groups excluding carboxylic acids is 1. The summed E-state index contributed by atoms with van der Waals surface area (Å²) >= 11 is 6.33. The van der Waals surface area contributed by atoms with Crippen LogP contribution in [0.4, 0.5) is 0 Å². The lowest BCUT2D eigenvalue weighted by atomic mass is 9.95. The van der Waals surface area contributed by atoms with Gasteiger partial charge in [0.25, 0.3) is 0 Å². The van der Waals surface area contributed by atoms with E-state index in [-0.39, 0.29) is 17.9 Å². The van der Waals surface area contributed by atoms with E-state index in [0.29, 0.717) is 25.9 Å². The third-order valence-corrected chi connectivity index (χ3v) is 8.40. The molecule has 32 heavy (non-hydrogen) atoms. The van der Waals surface area contributed by atoms with Crippen LogP contribution in [0.5, 0.6) is 0 Å². The van der Waals surface area contributed by atoms with Gasteiger partial charge in [0.2, 0.25) is 15.9 Å². The molecule has 2 saturated heterocycles. The van der Waals surface area contributed by atoms with Crippen LogP contribution in [-0.4, -0.2) is 49.2 Å². The lowest BCUT2D eigenvalue weighted by Gasteiger charge is -2.34. The molecule has 170 valence electrons. The van der Waals surface area contributed by atoms with Crippen LogP contribution in [0, 0.1) is 5.92 Å². The van der Waals surface area contributed by atoms with Crippen LogP contribution in [0.25, 0.3) is 6.08 Å². The van der Waals surface area contributed by atoms with Gasteiger partial charge in [-0.05, 0) is 55.4 Å². The SMILES string of the molecule is O=C(C1CCN(S(=O)(=O)/C=C/c2ccccc2)CC1)N1CCCC1Cc1ccccc1Cl. The van der Waals surface area contributed by atoms with Crippen molar-refractivity contribution in [1.82, 2.24) is 9.21 Å². The van der Waals surface area contributed by atoms with E-state index in [9.17, 15) is 13.2 Å². The first kappa shape index (κ1) is 23.0. The average molecular weight is 473 g/mol. The highest BCUT2D eigenvalue weighted by Gasteiger charge is 2.36. The molecule has 0 N–H and O–H groups in total. The van der Waals surface area contributed by atoms with Crippen molar-refractivity contribution in [2.45, 2.75) is 38.1 Å². The molecule has 4 rings (SSSR count). The maximum Gasteiger partial charge on any atom is 0.236 e. The van der Waals surface area contributed by atoms with Crippen LogP contribution < -0.4 is 0 Å². The lowest BCUT2D eigenvalue weighted by molar-refractivity contribution is -0.137. The van der Waals surface area contributed by atoms with Crippen molar-refractivity contribution in [3.63, 3.8) is 0 Å². The van der Waals surface area contributed by atoms with Crippen molar-refractivity contribution in [3.8, 4) is 0 Å². The fourth-order valence-corrected chi connectivity index (χ4v) is 6.10. The third-order valence-electron chi connectivity index (χ3n) is 6.47. The second-order valence-electron chi connectivity index (χ2n) is 8.55. The van der Waals surface area contributed by atoms with E-state index in [4.69, 9.17) is 11.6 Å². The van der Waals surface area contributed by atoms with Gasteiger partial charge in [-0.2, -0.15) is 4.31 Å². The quantitative estimate of drug-likeness (QED) is 0.618. The summed E-state index contributed by atoms with van der Waals surface area (Å²) in [6, 6.07) is 17.4. The van der Waals surface area contributed by atoms with Gasteiger partial charge in [-0.3, -0.25) is 4.79 Å². The van der Waals surface area contributed by atoms with Gasteiger partial charge in [0, 0.05) is 42.0 Å². The van der Waals surface area contributed by atoms with E-state index in [1.165, 1.54) is 9.71 Å². The van der Waals surface area contributed by atoms with Gasteiger partial charge in [-0.15, -0.1) is 0 Å².